The summed E-state index contributed by atoms with van der Waals surface area (Å²) in [6.07, 6.45) is 0. The maximum Gasteiger partial charge on any atom is 0.0435 e. The summed E-state index contributed by atoms with van der Waals surface area (Å²) in [5, 5.41) is 26.7. The minimum absolute atomic E-state index is 1.74. The molecule has 0 saturated carbocycles. The molecule has 0 bridgehead atoms. The number of hydrogen-bond donors (Lipinski definition) is 1. The Balaban J connectivity index is 3.62. The van der Waals surface area contributed by atoms with Crippen LogP contribution >= 0.6 is 0 Å². The van der Waals surface area contributed by atoms with Crippen LogP contribution in [-0.4, -0.2) is 0 Å². The van der Waals surface area contributed by atoms with E-state index in [2.05, 4.69) is 52.9 Å². The Morgan fingerprint density at radius 2 is 1.08 bits per heavy atom. The molecule has 0 amide bonds. The van der Waals surface area contributed by atoms with E-state index in [-0.39, 0.29) is 0 Å². The highest BCUT2D eigenvalue weighted by molar-refractivity contribution is 4.09. The van der Waals surface area contributed by atoms with Crippen molar-refractivity contribution in [3.05, 3.63) is 0 Å². The number of halogens is 1. The average Bonchev–Trinajstić information content (AvgIpc) is 2.10. The van der Waals surface area contributed by atoms with E-state index in [9.17, 15) is 4.48 Å². The SMILES string of the molecule is N/N=N/N=N/N=N/N=N/N=N/F. The number of nitrogens with two attached hydrogens (primary N) is 1. The highest BCUT2D eigenvalue weighted by Gasteiger charge is 1.67. The summed E-state index contributed by atoms with van der Waals surface area (Å²) in [6, 6.07) is 0. The molecule has 2 N–H and O–H groups in total. The lowest BCUT2D eigenvalue weighted by Gasteiger charge is -1.67. The molecule has 0 radical (unpaired) electrons. The number of hydrogen-bond acceptors (Lipinski definition) is 2. The second-order valence-electron chi connectivity index (χ2n) is 0.907. The van der Waals surface area contributed by atoms with Gasteiger partial charge in [-0.05, 0) is 20.9 Å². The van der Waals surface area contributed by atoms with Gasteiger partial charge in [-0.3, -0.25) is 0 Å². The zero-order valence-corrected chi connectivity index (χ0v) is 5.43. The van der Waals surface area contributed by atoms with Crippen molar-refractivity contribution in [2.24, 2.45) is 58.2 Å². The van der Waals surface area contributed by atoms with Crippen LogP contribution in [-0.2, 0) is 0 Å². The first-order valence-electron chi connectivity index (χ1n) is 2.23. The molecule has 0 fully saturated rings. The summed E-state index contributed by atoms with van der Waals surface area (Å²) in [7, 11) is 0. The highest BCUT2D eigenvalue weighted by Crippen LogP contribution is 1.85. The Morgan fingerprint density at radius 3 is 1.50 bits per heavy atom. The van der Waals surface area contributed by atoms with Gasteiger partial charge in [0.2, 0.25) is 0 Å². The minimum atomic E-state index is 1.74. The van der Waals surface area contributed by atoms with Crippen LogP contribution in [0.5, 0.6) is 0 Å². The second kappa shape index (κ2) is 8.73. The van der Waals surface area contributed by atoms with Crippen molar-refractivity contribution in [1.82, 2.24) is 0 Å². The molecule has 0 spiro atoms. The normalized spacial score (nSPS) is 13.8. The third kappa shape index (κ3) is 7.73. The Hall–Kier alpha value is -2.27. The molecule has 0 aromatic heterocycles. The Morgan fingerprint density at radius 1 is 0.667 bits per heavy atom. The van der Waals surface area contributed by atoms with Gasteiger partial charge in [0.25, 0.3) is 0 Å². The van der Waals surface area contributed by atoms with Gasteiger partial charge in [0.1, 0.15) is 0 Å². The monoisotopic (exact) mass is 175 g/mol. The molecule has 0 aromatic rings. The predicted octanol–water partition coefficient (Wildman–Crippen LogP) is 1.67. The summed E-state index contributed by atoms with van der Waals surface area (Å²) >= 11 is 0. The first-order chi connectivity index (χ1) is 5.91. The van der Waals surface area contributed by atoms with E-state index in [0.717, 1.165) is 0 Å². The van der Waals surface area contributed by atoms with Crippen LogP contribution in [0.2, 0.25) is 0 Å². The van der Waals surface area contributed by atoms with E-state index in [4.69, 9.17) is 0 Å². The number of rotatable bonds is 4. The van der Waals surface area contributed by atoms with Gasteiger partial charge in [-0.1, -0.05) is 9.70 Å². The zero-order chi connectivity index (χ0) is 9.07. The van der Waals surface area contributed by atoms with E-state index >= 15 is 0 Å². The summed E-state index contributed by atoms with van der Waals surface area (Å²) in [5.41, 5.74) is 0. The summed E-state index contributed by atoms with van der Waals surface area (Å²) in [6.45, 7) is 0. The van der Waals surface area contributed by atoms with Crippen molar-refractivity contribution < 1.29 is 4.48 Å². The molecule has 0 aromatic carbocycles. The summed E-state index contributed by atoms with van der Waals surface area (Å²) in [5.74, 6) is 4.53. The van der Waals surface area contributed by atoms with E-state index < -0.39 is 0 Å². The first-order valence-corrected chi connectivity index (χ1v) is 2.23. The molecule has 64 valence electrons. The van der Waals surface area contributed by atoms with Crippen molar-refractivity contribution in [3.63, 3.8) is 0 Å². The Bertz CT molecular complexity index is 193. The Kier molecular flexibility index (Phi) is 7.08. The third-order valence-electron chi connectivity index (χ3n) is 0.365. The molecule has 0 aliphatic carbocycles. The van der Waals surface area contributed by atoms with Crippen LogP contribution in [0.15, 0.2) is 52.3 Å². The van der Waals surface area contributed by atoms with Crippen molar-refractivity contribution >= 4 is 0 Å². The van der Waals surface area contributed by atoms with Crippen molar-refractivity contribution in [2.45, 2.75) is 0 Å². The van der Waals surface area contributed by atoms with Gasteiger partial charge in [0, 0.05) is 26.2 Å². The van der Waals surface area contributed by atoms with Crippen molar-refractivity contribution in [3.8, 4) is 0 Å². The number of nitrogens with zero attached hydrogens (tertiary/aromatic N) is 10. The standard InChI is InChI=1S/FH2N11/c1-3-5-7-9-11-12-10-8-6-4-2/h(H2,2,3,6,7,10,11). The largest absolute Gasteiger partial charge is 0.303 e. The predicted molar refractivity (Wildman–Crippen MR) is 29.6 cm³/mol. The van der Waals surface area contributed by atoms with E-state index in [1.54, 1.807) is 5.34 Å². The van der Waals surface area contributed by atoms with Gasteiger partial charge >= 0.3 is 0 Å². The smallest absolute Gasteiger partial charge is 0.0435 e. The lowest BCUT2D eigenvalue weighted by atomic mass is 12.4. The molecule has 0 atom stereocenters. The molecule has 0 heterocycles. The third-order valence-corrected chi connectivity index (χ3v) is 0.365. The van der Waals surface area contributed by atoms with Gasteiger partial charge in [-0.25, -0.2) is 0 Å². The molecule has 0 rings (SSSR count). The van der Waals surface area contributed by atoms with Crippen LogP contribution in [0, 0.1) is 0 Å². The van der Waals surface area contributed by atoms with Crippen LogP contribution in [0.1, 0.15) is 0 Å². The highest BCUT2D eigenvalue weighted by atomic mass is 19.2. The molecule has 0 saturated heterocycles. The molecule has 12 heteroatoms. The van der Waals surface area contributed by atoms with Crippen LogP contribution < -0.4 is 5.84 Å². The molecule has 0 unspecified atom stereocenters. The fraction of sp³-hybridized carbons (Fsp3) is 0. The lowest BCUT2D eigenvalue weighted by molar-refractivity contribution is 0.474. The fourth-order valence-electron chi connectivity index (χ4n) is 0.146. The molecular formula is H2FN11. The minimum Gasteiger partial charge on any atom is -0.303 e. The van der Waals surface area contributed by atoms with Crippen molar-refractivity contribution in [2.75, 3.05) is 0 Å². The molecule has 11 nitrogen and oxygen atoms in total. The molecular weight excluding hydrogens is 173 g/mol. The van der Waals surface area contributed by atoms with Gasteiger partial charge < -0.3 is 5.84 Å². The molecule has 12 heavy (non-hydrogen) atoms. The van der Waals surface area contributed by atoms with Crippen LogP contribution in [0.3, 0.4) is 0 Å². The quantitative estimate of drug-likeness (QED) is 0.385. The maximum absolute atomic E-state index is 10.8. The second-order valence-corrected chi connectivity index (χ2v) is 0.907. The zero-order valence-electron chi connectivity index (χ0n) is 5.43. The summed E-state index contributed by atoms with van der Waals surface area (Å²) < 4.78 is 10.8. The van der Waals surface area contributed by atoms with E-state index in [1.165, 1.54) is 0 Å². The Labute approximate surface area is 63.9 Å². The van der Waals surface area contributed by atoms with Crippen LogP contribution in [0.4, 0.5) is 4.48 Å². The van der Waals surface area contributed by atoms with Gasteiger partial charge in [0.15, 0.2) is 0 Å². The maximum atomic E-state index is 10.8. The van der Waals surface area contributed by atoms with Gasteiger partial charge in [0.05, 0.1) is 0 Å². The topological polar surface area (TPSA) is 150 Å². The van der Waals surface area contributed by atoms with E-state index in [0.29, 0.717) is 0 Å². The first kappa shape index (κ1) is 9.73. The van der Waals surface area contributed by atoms with Gasteiger partial charge in [-0.15, -0.1) is 0 Å². The summed E-state index contributed by atoms with van der Waals surface area (Å²) in [4.78, 5) is 0. The fourth-order valence-corrected chi connectivity index (χ4v) is 0.146. The van der Waals surface area contributed by atoms with E-state index in [1.807, 2.05) is 0 Å². The van der Waals surface area contributed by atoms with Crippen molar-refractivity contribution in [1.29, 1.82) is 0 Å². The van der Waals surface area contributed by atoms with Gasteiger partial charge in [-0.2, -0.15) is 0 Å². The lowest BCUT2D eigenvalue weighted by Crippen LogP contribution is -1.70. The van der Waals surface area contributed by atoms with Crippen LogP contribution in [0.25, 0.3) is 0 Å². The molecule has 0 aliphatic heterocycles. The average molecular weight is 175 g/mol. The molecule has 0 aliphatic rings.